The average molecular weight is 358 g/mol. The number of rotatable bonds is 4. The lowest BCUT2D eigenvalue weighted by Gasteiger charge is -2.31. The molecule has 3 rings (SSSR count). The summed E-state index contributed by atoms with van der Waals surface area (Å²) in [5, 5.41) is 2.46. The van der Waals surface area contributed by atoms with Crippen molar-refractivity contribution in [3.63, 3.8) is 0 Å². The zero-order valence-corrected chi connectivity index (χ0v) is 14.8. The SMILES string of the molecule is O=C(Nc1ccccc1)N1CCC(S(=O)(=O)Cc2ccccc2)CC1. The molecule has 132 valence electrons. The number of benzene rings is 2. The second-order valence-electron chi connectivity index (χ2n) is 6.28. The summed E-state index contributed by atoms with van der Waals surface area (Å²) < 4.78 is 25.2. The molecule has 1 aliphatic rings. The van der Waals surface area contributed by atoms with Crippen molar-refractivity contribution >= 4 is 21.6 Å². The summed E-state index contributed by atoms with van der Waals surface area (Å²) >= 11 is 0. The molecule has 0 radical (unpaired) electrons. The Morgan fingerprint density at radius 3 is 2.12 bits per heavy atom. The normalized spacial score (nSPS) is 15.8. The third-order valence-electron chi connectivity index (χ3n) is 4.47. The molecule has 0 bridgehead atoms. The Morgan fingerprint density at radius 1 is 0.960 bits per heavy atom. The zero-order chi connectivity index (χ0) is 17.7. The van der Waals surface area contributed by atoms with Gasteiger partial charge < -0.3 is 10.2 Å². The first-order valence-electron chi connectivity index (χ1n) is 8.41. The lowest BCUT2D eigenvalue weighted by atomic mass is 10.1. The van der Waals surface area contributed by atoms with Crippen LogP contribution in [-0.2, 0) is 15.6 Å². The van der Waals surface area contributed by atoms with Crippen LogP contribution in [0, 0.1) is 0 Å². The van der Waals surface area contributed by atoms with Gasteiger partial charge in [0.25, 0.3) is 0 Å². The van der Waals surface area contributed by atoms with E-state index in [9.17, 15) is 13.2 Å². The highest BCUT2D eigenvalue weighted by molar-refractivity contribution is 7.91. The lowest BCUT2D eigenvalue weighted by molar-refractivity contribution is 0.200. The first-order chi connectivity index (χ1) is 12.0. The van der Waals surface area contributed by atoms with E-state index in [2.05, 4.69) is 5.32 Å². The van der Waals surface area contributed by atoms with Gasteiger partial charge in [0.05, 0.1) is 11.0 Å². The number of piperidine rings is 1. The Morgan fingerprint density at radius 2 is 1.52 bits per heavy atom. The van der Waals surface area contributed by atoms with Gasteiger partial charge in [-0.3, -0.25) is 0 Å². The van der Waals surface area contributed by atoms with Crippen molar-refractivity contribution in [1.82, 2.24) is 4.90 Å². The Bertz CT molecular complexity index is 799. The van der Waals surface area contributed by atoms with Crippen LogP contribution in [-0.4, -0.2) is 37.7 Å². The largest absolute Gasteiger partial charge is 0.324 e. The first-order valence-corrected chi connectivity index (χ1v) is 10.1. The molecule has 5 nitrogen and oxygen atoms in total. The standard InChI is InChI=1S/C19H22N2O3S/c22-19(20-17-9-5-2-6-10-17)21-13-11-18(12-14-21)25(23,24)15-16-7-3-1-4-8-16/h1-10,18H,11-15H2,(H,20,22). The minimum Gasteiger partial charge on any atom is -0.324 e. The van der Waals surface area contributed by atoms with Crippen LogP contribution < -0.4 is 5.32 Å². The molecule has 0 spiro atoms. The number of likely N-dealkylation sites (tertiary alicyclic amines) is 1. The number of hydrogen-bond donors (Lipinski definition) is 1. The van der Waals surface area contributed by atoms with Gasteiger partial charge in [-0.2, -0.15) is 0 Å². The Balaban J connectivity index is 1.55. The second kappa shape index (κ2) is 7.70. The van der Waals surface area contributed by atoms with Crippen LogP contribution in [0.3, 0.4) is 0 Å². The first kappa shape index (κ1) is 17.5. The fraction of sp³-hybridized carbons (Fsp3) is 0.316. The number of carbonyl (C=O) groups is 1. The van der Waals surface area contributed by atoms with E-state index < -0.39 is 9.84 Å². The number of sulfone groups is 1. The van der Waals surface area contributed by atoms with Gasteiger partial charge in [0.15, 0.2) is 9.84 Å². The summed E-state index contributed by atoms with van der Waals surface area (Å²) in [6.45, 7) is 0.911. The van der Waals surface area contributed by atoms with Crippen molar-refractivity contribution in [2.24, 2.45) is 0 Å². The maximum atomic E-state index is 12.6. The number of hydrogen-bond acceptors (Lipinski definition) is 3. The molecule has 2 amide bonds. The second-order valence-corrected chi connectivity index (χ2v) is 8.56. The Labute approximate surface area is 148 Å². The van der Waals surface area contributed by atoms with Gasteiger partial charge in [0, 0.05) is 18.8 Å². The van der Waals surface area contributed by atoms with Gasteiger partial charge in [-0.25, -0.2) is 13.2 Å². The summed E-state index contributed by atoms with van der Waals surface area (Å²) in [5.74, 6) is 0.0642. The molecular formula is C19H22N2O3S. The van der Waals surface area contributed by atoms with Crippen LogP contribution in [0.25, 0.3) is 0 Å². The predicted molar refractivity (Wildman–Crippen MR) is 99.1 cm³/mol. The highest BCUT2D eigenvalue weighted by atomic mass is 32.2. The van der Waals surface area contributed by atoms with Gasteiger partial charge in [0.2, 0.25) is 0 Å². The minimum atomic E-state index is -3.20. The van der Waals surface area contributed by atoms with Crippen LogP contribution in [0.1, 0.15) is 18.4 Å². The van der Waals surface area contributed by atoms with Crippen LogP contribution in [0.2, 0.25) is 0 Å². The van der Waals surface area contributed by atoms with E-state index in [1.54, 1.807) is 4.90 Å². The maximum Gasteiger partial charge on any atom is 0.321 e. The van der Waals surface area contributed by atoms with Crippen molar-refractivity contribution in [2.75, 3.05) is 18.4 Å². The fourth-order valence-electron chi connectivity index (χ4n) is 3.07. The number of nitrogens with one attached hydrogen (secondary N) is 1. The Kier molecular flexibility index (Phi) is 5.38. The summed E-state index contributed by atoms with van der Waals surface area (Å²) in [5.41, 5.74) is 1.55. The number of para-hydroxylation sites is 1. The molecule has 2 aromatic rings. The number of nitrogens with zero attached hydrogens (tertiary/aromatic N) is 1. The molecule has 0 saturated carbocycles. The lowest BCUT2D eigenvalue weighted by Crippen LogP contribution is -2.44. The molecule has 1 heterocycles. The number of urea groups is 1. The maximum absolute atomic E-state index is 12.6. The van der Waals surface area contributed by atoms with E-state index >= 15 is 0 Å². The zero-order valence-electron chi connectivity index (χ0n) is 14.0. The monoisotopic (exact) mass is 358 g/mol. The topological polar surface area (TPSA) is 66.5 Å². The summed E-state index contributed by atoms with van der Waals surface area (Å²) in [6.07, 6.45) is 0.967. The molecular weight excluding hydrogens is 336 g/mol. The van der Waals surface area contributed by atoms with E-state index in [-0.39, 0.29) is 17.0 Å². The summed E-state index contributed by atoms with van der Waals surface area (Å²) in [7, 11) is -3.20. The molecule has 25 heavy (non-hydrogen) atoms. The highest BCUT2D eigenvalue weighted by Crippen LogP contribution is 2.22. The summed E-state index contributed by atoms with van der Waals surface area (Å²) in [6, 6.07) is 18.3. The Hall–Kier alpha value is -2.34. The van der Waals surface area contributed by atoms with Crippen molar-refractivity contribution < 1.29 is 13.2 Å². The molecule has 0 atom stereocenters. The fourth-order valence-corrected chi connectivity index (χ4v) is 4.89. The highest BCUT2D eigenvalue weighted by Gasteiger charge is 2.31. The van der Waals surface area contributed by atoms with Gasteiger partial charge in [-0.05, 0) is 30.5 Å². The van der Waals surface area contributed by atoms with E-state index in [4.69, 9.17) is 0 Å². The van der Waals surface area contributed by atoms with E-state index in [0.717, 1.165) is 11.3 Å². The van der Waals surface area contributed by atoms with Crippen LogP contribution in [0.5, 0.6) is 0 Å². The number of carbonyl (C=O) groups excluding carboxylic acids is 1. The van der Waals surface area contributed by atoms with Gasteiger partial charge in [-0.15, -0.1) is 0 Å². The van der Waals surface area contributed by atoms with Gasteiger partial charge in [-0.1, -0.05) is 48.5 Å². The average Bonchev–Trinajstić information content (AvgIpc) is 2.63. The van der Waals surface area contributed by atoms with Crippen LogP contribution in [0.15, 0.2) is 60.7 Å². The molecule has 1 aliphatic heterocycles. The molecule has 1 fully saturated rings. The minimum absolute atomic E-state index is 0.0642. The molecule has 0 unspecified atom stereocenters. The van der Waals surface area contributed by atoms with Gasteiger partial charge in [0.1, 0.15) is 0 Å². The molecule has 0 aliphatic carbocycles. The number of amides is 2. The van der Waals surface area contributed by atoms with Crippen LogP contribution >= 0.6 is 0 Å². The third kappa shape index (κ3) is 4.60. The van der Waals surface area contributed by atoms with E-state index in [0.29, 0.717) is 25.9 Å². The van der Waals surface area contributed by atoms with Crippen molar-refractivity contribution in [3.8, 4) is 0 Å². The smallest absolute Gasteiger partial charge is 0.321 e. The van der Waals surface area contributed by atoms with E-state index in [1.165, 1.54) is 0 Å². The molecule has 0 aromatic heterocycles. The quantitative estimate of drug-likeness (QED) is 0.912. The van der Waals surface area contributed by atoms with E-state index in [1.807, 2.05) is 60.7 Å². The predicted octanol–water partition coefficient (Wildman–Crippen LogP) is 3.30. The van der Waals surface area contributed by atoms with Crippen molar-refractivity contribution in [3.05, 3.63) is 66.2 Å². The number of anilines is 1. The molecule has 1 N–H and O–H groups in total. The van der Waals surface area contributed by atoms with Crippen molar-refractivity contribution in [2.45, 2.75) is 23.8 Å². The third-order valence-corrected chi connectivity index (χ3v) is 6.70. The summed E-state index contributed by atoms with van der Waals surface area (Å²) in [4.78, 5) is 14.0. The van der Waals surface area contributed by atoms with Gasteiger partial charge >= 0.3 is 6.03 Å². The molecule has 1 saturated heterocycles. The van der Waals surface area contributed by atoms with Crippen LogP contribution in [0.4, 0.5) is 10.5 Å². The molecule has 6 heteroatoms. The van der Waals surface area contributed by atoms with Crippen molar-refractivity contribution in [1.29, 1.82) is 0 Å². The molecule has 2 aromatic carbocycles.